The Morgan fingerprint density at radius 1 is 1.07 bits per heavy atom. The van der Waals surface area contributed by atoms with Gasteiger partial charge in [-0.2, -0.15) is 18.3 Å². The second kappa shape index (κ2) is 9.98. The van der Waals surface area contributed by atoms with Gasteiger partial charge in [0, 0.05) is 22.7 Å². The van der Waals surface area contributed by atoms with E-state index in [-0.39, 0.29) is 44.5 Å². The fourth-order valence-corrected chi connectivity index (χ4v) is 5.04. The molecule has 0 unspecified atom stereocenters. The van der Waals surface area contributed by atoms with E-state index in [9.17, 15) is 22.8 Å². The van der Waals surface area contributed by atoms with Gasteiger partial charge in [0.25, 0.3) is 11.8 Å². The minimum absolute atomic E-state index is 0.0246. The van der Waals surface area contributed by atoms with E-state index in [0.29, 0.717) is 17.2 Å². The Kier molecular flexibility index (Phi) is 6.30. The van der Waals surface area contributed by atoms with Crippen molar-refractivity contribution in [3.63, 3.8) is 0 Å². The molecule has 0 aliphatic rings. The number of nitrogens with zero attached hydrogens (tertiary/aromatic N) is 7. The number of nitrogens with one attached hydrogen (secondary N) is 1. The predicted molar refractivity (Wildman–Crippen MR) is 140 cm³/mol. The number of pyridine rings is 1. The first-order valence-corrected chi connectivity index (χ1v) is 12.6. The van der Waals surface area contributed by atoms with E-state index in [1.54, 1.807) is 0 Å². The smallest absolute Gasteiger partial charge is 0.433 e. The number of thiophene rings is 1. The molecule has 0 fully saturated rings. The van der Waals surface area contributed by atoms with Crippen LogP contribution in [0.15, 0.2) is 71.5 Å². The van der Waals surface area contributed by atoms with E-state index in [1.807, 2.05) is 30.3 Å². The van der Waals surface area contributed by atoms with Crippen LogP contribution < -0.4 is 11.1 Å². The lowest BCUT2D eigenvalue weighted by Crippen LogP contribution is -2.18. The van der Waals surface area contributed by atoms with Crippen LogP contribution in [0.5, 0.6) is 0 Å². The van der Waals surface area contributed by atoms with Gasteiger partial charge in [0.05, 0.1) is 12.0 Å². The highest BCUT2D eigenvalue weighted by Crippen LogP contribution is 2.43. The summed E-state index contributed by atoms with van der Waals surface area (Å²) in [6, 6.07) is 14.4. The van der Waals surface area contributed by atoms with E-state index in [2.05, 4.69) is 30.8 Å². The van der Waals surface area contributed by atoms with Crippen molar-refractivity contribution in [2.24, 2.45) is 5.73 Å². The molecule has 0 spiro atoms. The minimum Gasteiger partial charge on any atom is -0.464 e. The molecule has 0 atom stereocenters. The summed E-state index contributed by atoms with van der Waals surface area (Å²) in [6.45, 7) is 0.0355. The number of alkyl halides is 3. The third kappa shape index (κ3) is 5.03. The van der Waals surface area contributed by atoms with Crippen molar-refractivity contribution in [3.8, 4) is 22.7 Å². The topological polar surface area (TPSA) is 160 Å². The van der Waals surface area contributed by atoms with Crippen molar-refractivity contribution in [1.82, 2.24) is 35.0 Å². The summed E-state index contributed by atoms with van der Waals surface area (Å²) in [5.41, 5.74) is 4.93. The summed E-state index contributed by atoms with van der Waals surface area (Å²) >= 11 is 0.624. The number of fused-ring (bicyclic) bond motifs is 1. The number of aromatic nitrogens is 7. The quantitative estimate of drug-likeness (QED) is 0.283. The molecule has 6 aromatic rings. The van der Waals surface area contributed by atoms with Crippen molar-refractivity contribution in [1.29, 1.82) is 0 Å². The van der Waals surface area contributed by atoms with Gasteiger partial charge < -0.3 is 15.5 Å². The molecule has 1 aromatic carbocycles. The normalized spacial score (nSPS) is 11.7. The highest BCUT2D eigenvalue weighted by molar-refractivity contribution is 7.21. The molecule has 2 amide bonds. The number of hydrogen-bond acceptors (Lipinski definition) is 9. The Morgan fingerprint density at radius 2 is 1.88 bits per heavy atom. The van der Waals surface area contributed by atoms with Gasteiger partial charge in [-0.3, -0.25) is 9.59 Å². The summed E-state index contributed by atoms with van der Waals surface area (Å²) in [4.78, 5) is 30.1. The molecule has 206 valence electrons. The van der Waals surface area contributed by atoms with Gasteiger partial charge in [0.15, 0.2) is 12.4 Å². The predicted octanol–water partition coefficient (Wildman–Crippen LogP) is 4.28. The molecular weight excluding hydrogens is 563 g/mol. The SMILES string of the molecule is NC(=O)c1sc2nc(C(F)(F)F)cc(-c3ccco3)c2c1NC(=O)c1ccn(Cn2nnc(-c3ccccc3)n2)n1. The second-order valence-corrected chi connectivity index (χ2v) is 9.57. The largest absolute Gasteiger partial charge is 0.464 e. The molecule has 0 aliphatic heterocycles. The average molecular weight is 580 g/mol. The molecule has 5 heterocycles. The third-order valence-corrected chi connectivity index (χ3v) is 6.93. The highest BCUT2D eigenvalue weighted by atomic mass is 32.1. The van der Waals surface area contributed by atoms with Crippen LogP contribution in [0, 0.1) is 0 Å². The van der Waals surface area contributed by atoms with Gasteiger partial charge in [-0.05, 0) is 29.5 Å². The zero-order valence-corrected chi connectivity index (χ0v) is 21.3. The highest BCUT2D eigenvalue weighted by Gasteiger charge is 2.35. The molecule has 0 saturated heterocycles. The number of carbonyl (C=O) groups is 2. The van der Waals surface area contributed by atoms with Gasteiger partial charge in [-0.1, -0.05) is 30.3 Å². The van der Waals surface area contributed by atoms with E-state index in [1.165, 1.54) is 40.1 Å². The minimum atomic E-state index is -4.77. The number of furan rings is 1. The zero-order valence-electron chi connectivity index (χ0n) is 20.5. The van der Waals surface area contributed by atoms with E-state index in [0.717, 1.165) is 11.6 Å². The van der Waals surface area contributed by atoms with Gasteiger partial charge in [-0.15, -0.1) is 26.3 Å². The van der Waals surface area contributed by atoms with Crippen LogP contribution in [0.2, 0.25) is 0 Å². The van der Waals surface area contributed by atoms with Crippen molar-refractivity contribution >= 4 is 39.1 Å². The zero-order chi connectivity index (χ0) is 28.7. The van der Waals surface area contributed by atoms with Crippen LogP contribution >= 0.6 is 11.3 Å². The average Bonchev–Trinajstić information content (AvgIpc) is 3.75. The second-order valence-electron chi connectivity index (χ2n) is 8.57. The summed E-state index contributed by atoms with van der Waals surface area (Å²) in [7, 11) is 0. The van der Waals surface area contributed by atoms with E-state index >= 15 is 0 Å². The maximum atomic E-state index is 13.6. The molecule has 6 rings (SSSR count). The number of anilines is 1. The molecule has 41 heavy (non-hydrogen) atoms. The monoisotopic (exact) mass is 579 g/mol. The van der Waals surface area contributed by atoms with Gasteiger partial charge in [0.1, 0.15) is 21.2 Å². The number of amides is 2. The number of benzene rings is 1. The van der Waals surface area contributed by atoms with Crippen molar-refractivity contribution in [2.45, 2.75) is 12.8 Å². The van der Waals surface area contributed by atoms with Crippen LogP contribution in [-0.4, -0.2) is 46.8 Å². The lowest BCUT2D eigenvalue weighted by atomic mass is 10.1. The lowest BCUT2D eigenvalue weighted by molar-refractivity contribution is -0.140. The number of halogens is 3. The summed E-state index contributed by atoms with van der Waals surface area (Å²) in [5, 5.41) is 19.2. The van der Waals surface area contributed by atoms with Crippen LogP contribution in [-0.2, 0) is 12.8 Å². The molecule has 16 heteroatoms. The Bertz CT molecular complexity index is 1890. The number of rotatable bonds is 7. The van der Waals surface area contributed by atoms with Crippen molar-refractivity contribution in [3.05, 3.63) is 83.3 Å². The number of tetrazole rings is 1. The van der Waals surface area contributed by atoms with E-state index in [4.69, 9.17) is 10.2 Å². The lowest BCUT2D eigenvalue weighted by Gasteiger charge is -2.10. The number of primary amides is 1. The molecule has 5 aromatic heterocycles. The number of carbonyl (C=O) groups excluding carboxylic acids is 2. The molecule has 0 saturated carbocycles. The standard InChI is InChI=1S/C25H16F3N9O3S/c26-25(27,28)17-11-14(16-7-4-10-40-16)18-19(20(21(29)38)41-24(18)30-17)31-23(39)15-8-9-36(33-15)12-37-34-22(32-35-37)13-5-2-1-3-6-13/h1-11H,12H2,(H2,29,38)(H,31,39). The molecule has 3 N–H and O–H groups in total. The molecule has 0 aliphatic carbocycles. The summed E-state index contributed by atoms with van der Waals surface area (Å²) < 4.78 is 47.6. The molecular formula is C25H16F3N9O3S. The van der Waals surface area contributed by atoms with Crippen molar-refractivity contribution in [2.75, 3.05) is 5.32 Å². The van der Waals surface area contributed by atoms with Gasteiger partial charge in [0.2, 0.25) is 5.82 Å². The Labute approximate surface area is 231 Å². The summed E-state index contributed by atoms with van der Waals surface area (Å²) in [5.74, 6) is -1.22. The van der Waals surface area contributed by atoms with Crippen LogP contribution in [0.4, 0.5) is 18.9 Å². The molecule has 0 bridgehead atoms. The first kappa shape index (κ1) is 25.9. The van der Waals surface area contributed by atoms with Crippen LogP contribution in [0.1, 0.15) is 25.9 Å². The number of hydrogen-bond donors (Lipinski definition) is 2. The van der Waals surface area contributed by atoms with E-state index < -0.39 is 23.7 Å². The fourth-order valence-electron chi connectivity index (χ4n) is 4.04. The maximum Gasteiger partial charge on any atom is 0.433 e. The van der Waals surface area contributed by atoms with Gasteiger partial charge in [-0.25, -0.2) is 9.67 Å². The van der Waals surface area contributed by atoms with Crippen molar-refractivity contribution < 1.29 is 27.2 Å². The number of nitrogens with two attached hydrogens (primary N) is 1. The Balaban J connectivity index is 1.32. The van der Waals surface area contributed by atoms with Gasteiger partial charge >= 0.3 is 6.18 Å². The fraction of sp³-hybridized carbons (Fsp3) is 0.0800. The summed E-state index contributed by atoms with van der Waals surface area (Å²) in [6.07, 6.45) is -1.98. The maximum absolute atomic E-state index is 13.6. The molecule has 12 nitrogen and oxygen atoms in total. The van der Waals surface area contributed by atoms with Crippen LogP contribution in [0.3, 0.4) is 0 Å². The van der Waals surface area contributed by atoms with Crippen LogP contribution in [0.25, 0.3) is 32.9 Å². The molecule has 0 radical (unpaired) electrons. The Morgan fingerprint density at radius 3 is 2.59 bits per heavy atom. The first-order chi connectivity index (χ1) is 19.7. The Hall–Kier alpha value is -5.38. The first-order valence-electron chi connectivity index (χ1n) is 11.7. The third-order valence-electron chi connectivity index (χ3n) is 5.83.